The van der Waals surface area contributed by atoms with E-state index in [1.165, 1.54) is 10.8 Å². The first kappa shape index (κ1) is 27.0. The molecule has 0 radical (unpaired) electrons. The molecule has 0 saturated carbocycles. The number of ether oxygens (including phenoxy) is 1. The van der Waals surface area contributed by atoms with Gasteiger partial charge in [-0.15, -0.1) is 0 Å². The van der Waals surface area contributed by atoms with Gasteiger partial charge in [-0.3, -0.25) is 18.5 Å². The third kappa shape index (κ3) is 6.86. The largest absolute Gasteiger partial charge is 0.411 e. The molecule has 0 aromatic carbocycles. The monoisotopic (exact) mass is 490 g/mol. The van der Waals surface area contributed by atoms with Gasteiger partial charge in [0.15, 0.2) is 8.32 Å². The third-order valence-electron chi connectivity index (χ3n) is 6.12. The maximum atomic E-state index is 12.4. The summed E-state index contributed by atoms with van der Waals surface area (Å²) in [5, 5.41) is -0.0481. The van der Waals surface area contributed by atoms with E-state index in [9.17, 15) is 18.0 Å². The van der Waals surface area contributed by atoms with Gasteiger partial charge in [0.25, 0.3) is 15.7 Å². The van der Waals surface area contributed by atoms with Crippen molar-refractivity contribution in [2.75, 3.05) is 12.4 Å². The van der Waals surface area contributed by atoms with Crippen LogP contribution in [0.15, 0.2) is 15.8 Å². The van der Waals surface area contributed by atoms with Crippen molar-refractivity contribution in [2.45, 2.75) is 91.0 Å². The van der Waals surface area contributed by atoms with Gasteiger partial charge in [-0.25, -0.2) is 4.79 Å². The van der Waals surface area contributed by atoms with Crippen molar-refractivity contribution in [3.63, 3.8) is 0 Å². The van der Waals surface area contributed by atoms with Gasteiger partial charge in [-0.1, -0.05) is 34.6 Å². The summed E-state index contributed by atoms with van der Waals surface area (Å²) in [7, 11) is -5.89. The van der Waals surface area contributed by atoms with Gasteiger partial charge < -0.3 is 9.16 Å². The van der Waals surface area contributed by atoms with Crippen LogP contribution in [0.1, 0.15) is 59.3 Å². The molecule has 1 aromatic rings. The van der Waals surface area contributed by atoms with Crippen molar-refractivity contribution in [1.82, 2.24) is 9.55 Å². The summed E-state index contributed by atoms with van der Waals surface area (Å²) in [5.74, 6) is -0.101. The van der Waals surface area contributed by atoms with Gasteiger partial charge in [0.1, 0.15) is 6.23 Å². The van der Waals surface area contributed by atoms with Crippen molar-refractivity contribution in [2.24, 2.45) is 5.92 Å². The molecular formula is C21H38N2O7SSi. The van der Waals surface area contributed by atoms with Crippen LogP contribution < -0.4 is 11.2 Å². The Morgan fingerprint density at radius 1 is 1.28 bits per heavy atom. The van der Waals surface area contributed by atoms with Crippen LogP contribution in [0.3, 0.4) is 0 Å². The van der Waals surface area contributed by atoms with Crippen molar-refractivity contribution in [3.8, 4) is 0 Å². The van der Waals surface area contributed by atoms with E-state index in [-0.39, 0.29) is 35.8 Å². The zero-order valence-electron chi connectivity index (χ0n) is 20.4. The molecule has 0 bridgehead atoms. The summed E-state index contributed by atoms with van der Waals surface area (Å²) < 4.78 is 43.8. The fraction of sp³-hybridized carbons (Fsp3) is 0.810. The van der Waals surface area contributed by atoms with Crippen molar-refractivity contribution in [1.29, 1.82) is 0 Å². The maximum Gasteiger partial charge on any atom is 0.330 e. The topological polar surface area (TPSA) is 117 Å². The number of nitrogens with one attached hydrogen (secondary N) is 1. The minimum absolute atomic E-state index is 0.0481. The lowest BCUT2D eigenvalue weighted by molar-refractivity contribution is -0.0197. The first-order chi connectivity index (χ1) is 14.5. The molecule has 1 aliphatic heterocycles. The number of H-pyrrole nitrogens is 1. The third-order valence-corrected chi connectivity index (χ3v) is 11.9. The summed E-state index contributed by atoms with van der Waals surface area (Å²) in [6.45, 7) is 16.1. The molecule has 1 fully saturated rings. The lowest BCUT2D eigenvalue weighted by Gasteiger charge is -2.39. The summed E-state index contributed by atoms with van der Waals surface area (Å²) in [5.41, 5.74) is -0.614. The molecule has 1 aliphatic rings. The number of aryl methyl sites for hydroxylation is 1. The van der Waals surface area contributed by atoms with Crippen molar-refractivity contribution < 1.29 is 21.8 Å². The predicted molar refractivity (Wildman–Crippen MR) is 126 cm³/mol. The fourth-order valence-corrected chi connectivity index (χ4v) is 5.64. The van der Waals surface area contributed by atoms with Crippen molar-refractivity contribution >= 4 is 18.4 Å². The molecule has 0 aliphatic carbocycles. The smallest absolute Gasteiger partial charge is 0.330 e. The quantitative estimate of drug-likeness (QED) is 0.418. The van der Waals surface area contributed by atoms with Gasteiger partial charge in [0.2, 0.25) is 0 Å². The first-order valence-electron chi connectivity index (χ1n) is 11.0. The Kier molecular flexibility index (Phi) is 8.36. The van der Waals surface area contributed by atoms with Gasteiger partial charge >= 0.3 is 5.69 Å². The number of nitrogens with zero attached hydrogens (tertiary/aromatic N) is 1. The van der Waals surface area contributed by atoms with Crippen LogP contribution in [0.4, 0.5) is 0 Å². The van der Waals surface area contributed by atoms with Gasteiger partial charge in [0.05, 0.1) is 24.6 Å². The highest BCUT2D eigenvalue weighted by molar-refractivity contribution is 7.86. The minimum Gasteiger partial charge on any atom is -0.411 e. The molecule has 2 rings (SSSR count). The van der Waals surface area contributed by atoms with Crippen LogP contribution in [0, 0.1) is 12.8 Å². The van der Waals surface area contributed by atoms with E-state index in [1.54, 1.807) is 6.92 Å². The Hall–Kier alpha value is -1.27. The molecule has 0 spiro atoms. The second-order valence-electron chi connectivity index (χ2n) is 10.5. The molecule has 0 amide bonds. The van der Waals surface area contributed by atoms with Crippen LogP contribution in [0.2, 0.25) is 18.1 Å². The molecule has 1 aromatic heterocycles. The molecular weight excluding hydrogens is 452 g/mol. The Labute approximate surface area is 191 Å². The molecule has 11 heteroatoms. The summed E-state index contributed by atoms with van der Waals surface area (Å²) in [6, 6.07) is 0. The van der Waals surface area contributed by atoms with Crippen LogP contribution in [0.25, 0.3) is 0 Å². The van der Waals surface area contributed by atoms with E-state index in [2.05, 4.69) is 38.8 Å². The predicted octanol–water partition coefficient (Wildman–Crippen LogP) is 2.92. The summed E-state index contributed by atoms with van der Waals surface area (Å²) >= 11 is 0. The van der Waals surface area contributed by atoms with E-state index in [4.69, 9.17) is 13.3 Å². The molecule has 9 nitrogen and oxygen atoms in total. The van der Waals surface area contributed by atoms with E-state index >= 15 is 0 Å². The van der Waals surface area contributed by atoms with E-state index < -0.39 is 42.0 Å². The Bertz CT molecular complexity index is 1010. The van der Waals surface area contributed by atoms with Gasteiger partial charge in [-0.2, -0.15) is 8.42 Å². The number of hydrogen-bond donors (Lipinski definition) is 1. The lowest BCUT2D eigenvalue weighted by atomic mass is 10.1. The molecule has 184 valence electrons. The highest BCUT2D eigenvalue weighted by Crippen LogP contribution is 2.41. The van der Waals surface area contributed by atoms with Gasteiger partial charge in [-0.05, 0) is 37.4 Å². The molecule has 2 heterocycles. The highest BCUT2D eigenvalue weighted by Gasteiger charge is 2.45. The van der Waals surface area contributed by atoms with Crippen molar-refractivity contribution in [3.05, 3.63) is 32.6 Å². The van der Waals surface area contributed by atoms with E-state index in [0.29, 0.717) is 12.0 Å². The Morgan fingerprint density at radius 2 is 1.91 bits per heavy atom. The normalized spacial score (nSPS) is 22.6. The highest BCUT2D eigenvalue weighted by atomic mass is 32.2. The van der Waals surface area contributed by atoms with Crippen LogP contribution in [-0.4, -0.2) is 50.9 Å². The fourth-order valence-electron chi connectivity index (χ4n) is 3.17. The number of rotatable bonds is 9. The van der Waals surface area contributed by atoms with E-state index in [0.717, 1.165) is 0 Å². The second-order valence-corrected chi connectivity index (χ2v) is 17.0. The van der Waals surface area contributed by atoms with Gasteiger partial charge in [0, 0.05) is 18.2 Å². The number of aromatic amines is 1. The molecule has 3 atom stereocenters. The van der Waals surface area contributed by atoms with E-state index in [1.807, 2.05) is 13.8 Å². The zero-order chi connectivity index (χ0) is 24.5. The van der Waals surface area contributed by atoms with Crippen LogP contribution in [-0.2, 0) is 23.5 Å². The molecule has 1 N–H and O–H groups in total. The average Bonchev–Trinajstić information content (AvgIpc) is 3.02. The maximum absolute atomic E-state index is 12.4. The summed E-state index contributed by atoms with van der Waals surface area (Å²) in [4.78, 5) is 26.4. The Morgan fingerprint density at radius 3 is 2.47 bits per heavy atom. The zero-order valence-corrected chi connectivity index (χ0v) is 22.2. The van der Waals surface area contributed by atoms with Crippen LogP contribution >= 0.6 is 0 Å². The lowest BCUT2D eigenvalue weighted by Crippen LogP contribution is -2.46. The molecule has 32 heavy (non-hydrogen) atoms. The second kappa shape index (κ2) is 9.92. The standard InChI is InChI=1S/C21H38N2O7SSi/c1-14(2)13-28-31(26,27)10-9-16-17(30-32(7,8)21(4,5)6)11-18(29-16)23-12-15(3)19(24)22-20(23)25/h12,14,16-18H,9-11,13H2,1-8H3,(H,22,24,25)/t16-,17+,18-/m1/s1. The summed E-state index contributed by atoms with van der Waals surface area (Å²) in [6.07, 6.45) is 0.492. The first-order valence-corrected chi connectivity index (χ1v) is 15.5. The average molecular weight is 491 g/mol. The molecule has 1 saturated heterocycles. The number of hydrogen-bond acceptors (Lipinski definition) is 7. The SMILES string of the molecule is Cc1cn([C@H]2C[C@H](O[Si](C)(C)C(C)(C)C)[C@@H](CCS(=O)(=O)OCC(C)C)O2)c(=O)[nH]c1=O. The van der Waals surface area contributed by atoms with Crippen LogP contribution in [0.5, 0.6) is 0 Å². The molecule has 0 unspecified atom stereocenters. The number of aromatic nitrogens is 2. The minimum atomic E-state index is -3.70. The Balaban J connectivity index is 2.26.